The number of hydrogen-bond donors (Lipinski definition) is 2. The maximum atomic E-state index is 13.1. The summed E-state index contributed by atoms with van der Waals surface area (Å²) < 4.78 is 0. The van der Waals surface area contributed by atoms with E-state index in [1.54, 1.807) is 0 Å². The highest BCUT2D eigenvalue weighted by atomic mass is 16.6. The summed E-state index contributed by atoms with van der Waals surface area (Å²) in [5.41, 5.74) is 2.90. The molecule has 0 aromatic heterocycles. The van der Waals surface area contributed by atoms with Crippen molar-refractivity contribution >= 4 is 23.2 Å². The minimum atomic E-state index is -0.488. The zero-order valence-electron chi connectivity index (χ0n) is 19.5. The van der Waals surface area contributed by atoms with Gasteiger partial charge in [-0.15, -0.1) is 0 Å². The highest BCUT2D eigenvalue weighted by molar-refractivity contribution is 6.00. The molecule has 0 spiro atoms. The van der Waals surface area contributed by atoms with Gasteiger partial charge in [0.15, 0.2) is 0 Å². The number of nitro benzene ring substituents is 1. The molecule has 1 atom stereocenters. The molecule has 0 radical (unpaired) electrons. The van der Waals surface area contributed by atoms with E-state index in [0.29, 0.717) is 24.2 Å². The van der Waals surface area contributed by atoms with Crippen molar-refractivity contribution in [3.8, 4) is 0 Å². The Morgan fingerprint density at radius 1 is 0.914 bits per heavy atom. The van der Waals surface area contributed by atoms with Crippen LogP contribution in [0.2, 0.25) is 0 Å². The molecule has 2 amide bonds. The summed E-state index contributed by atoms with van der Waals surface area (Å²) in [6, 6.07) is 22.9. The molecule has 0 bridgehead atoms. The van der Waals surface area contributed by atoms with E-state index in [-0.39, 0.29) is 29.6 Å². The lowest BCUT2D eigenvalue weighted by molar-refractivity contribution is -0.384. The first-order chi connectivity index (χ1) is 16.9. The molecule has 1 aliphatic rings. The average molecular weight is 473 g/mol. The van der Waals surface area contributed by atoms with E-state index in [1.807, 2.05) is 61.5 Å². The van der Waals surface area contributed by atoms with Gasteiger partial charge in [-0.25, -0.2) is 0 Å². The van der Waals surface area contributed by atoms with Gasteiger partial charge in [0.05, 0.1) is 16.5 Å². The van der Waals surface area contributed by atoms with Crippen molar-refractivity contribution in [1.29, 1.82) is 0 Å². The van der Waals surface area contributed by atoms with Crippen molar-refractivity contribution < 1.29 is 14.5 Å². The molecule has 0 saturated carbocycles. The molecule has 0 aliphatic carbocycles. The molecule has 0 unspecified atom stereocenters. The zero-order valence-corrected chi connectivity index (χ0v) is 19.5. The molecule has 8 nitrogen and oxygen atoms in total. The number of para-hydroxylation sites is 1. The Balaban J connectivity index is 1.36. The van der Waals surface area contributed by atoms with Crippen LogP contribution in [-0.2, 0) is 0 Å². The lowest BCUT2D eigenvalue weighted by Gasteiger charge is -2.35. The van der Waals surface area contributed by atoms with Crippen LogP contribution in [0.4, 0.5) is 11.4 Å². The molecule has 3 aromatic carbocycles. The summed E-state index contributed by atoms with van der Waals surface area (Å²) >= 11 is 0. The van der Waals surface area contributed by atoms with Crippen LogP contribution in [0.25, 0.3) is 0 Å². The number of non-ortho nitro benzene ring substituents is 1. The second-order valence-corrected chi connectivity index (χ2v) is 8.66. The number of hydrogen-bond acceptors (Lipinski definition) is 5. The fourth-order valence-corrected chi connectivity index (χ4v) is 4.31. The summed E-state index contributed by atoms with van der Waals surface area (Å²) in [7, 11) is 0. The molecule has 8 heteroatoms. The predicted octanol–water partition coefficient (Wildman–Crippen LogP) is 4.48. The minimum Gasteiger partial charge on any atom is -0.371 e. The summed E-state index contributed by atoms with van der Waals surface area (Å²) in [5, 5.41) is 16.9. The van der Waals surface area contributed by atoms with Crippen molar-refractivity contribution in [3.63, 3.8) is 0 Å². The fourth-order valence-electron chi connectivity index (χ4n) is 4.31. The Hall–Kier alpha value is -4.20. The number of nitrogens with one attached hydrogen (secondary N) is 2. The van der Waals surface area contributed by atoms with Crippen molar-refractivity contribution in [2.75, 3.05) is 18.0 Å². The number of rotatable bonds is 7. The Labute approximate surface area is 204 Å². The number of piperidine rings is 1. The highest BCUT2D eigenvalue weighted by Crippen LogP contribution is 2.25. The Morgan fingerprint density at radius 3 is 2.20 bits per heavy atom. The number of amides is 2. The maximum absolute atomic E-state index is 13.1. The van der Waals surface area contributed by atoms with Gasteiger partial charge in [0, 0.05) is 42.5 Å². The zero-order chi connectivity index (χ0) is 24.8. The lowest BCUT2D eigenvalue weighted by Crippen LogP contribution is -2.45. The Kier molecular flexibility index (Phi) is 7.40. The van der Waals surface area contributed by atoms with Crippen molar-refractivity contribution in [3.05, 3.63) is 106 Å². The molecule has 180 valence electrons. The molecule has 1 saturated heterocycles. The summed E-state index contributed by atoms with van der Waals surface area (Å²) in [5.74, 6) is -0.362. The van der Waals surface area contributed by atoms with Gasteiger partial charge in [-0.2, -0.15) is 0 Å². The van der Waals surface area contributed by atoms with Gasteiger partial charge in [0.2, 0.25) is 0 Å². The first kappa shape index (κ1) is 23.9. The average Bonchev–Trinajstić information content (AvgIpc) is 2.89. The number of benzene rings is 3. The smallest absolute Gasteiger partial charge is 0.269 e. The van der Waals surface area contributed by atoms with Crippen molar-refractivity contribution in [2.24, 2.45) is 0 Å². The maximum Gasteiger partial charge on any atom is 0.269 e. The molecular weight excluding hydrogens is 444 g/mol. The van der Waals surface area contributed by atoms with Gasteiger partial charge in [-0.1, -0.05) is 42.5 Å². The molecule has 1 fully saturated rings. The van der Waals surface area contributed by atoms with Gasteiger partial charge in [0.1, 0.15) is 0 Å². The van der Waals surface area contributed by atoms with Crippen LogP contribution in [0.3, 0.4) is 0 Å². The van der Waals surface area contributed by atoms with Crippen LogP contribution in [0.1, 0.15) is 52.1 Å². The standard InChI is InChI=1S/C27H28N4O4/c1-19(20-7-3-2-4-8-20)28-27(33)24-9-5-6-10-25(24)30-17-15-22(16-18-30)29-26(32)21-11-13-23(14-12-21)31(34)35/h2-14,19,22H,15-18H2,1H3,(H,28,33)(H,29,32)/t19-/m1/s1. The molecule has 35 heavy (non-hydrogen) atoms. The number of nitrogens with zero attached hydrogens (tertiary/aromatic N) is 2. The van der Waals surface area contributed by atoms with Crippen molar-refractivity contribution in [1.82, 2.24) is 10.6 Å². The lowest BCUT2D eigenvalue weighted by atomic mass is 10.0. The van der Waals surface area contributed by atoms with E-state index in [0.717, 1.165) is 24.1 Å². The second kappa shape index (κ2) is 10.8. The van der Waals surface area contributed by atoms with Crippen LogP contribution in [0.15, 0.2) is 78.9 Å². The Bertz CT molecular complexity index is 1190. The highest BCUT2D eigenvalue weighted by Gasteiger charge is 2.24. The summed E-state index contributed by atoms with van der Waals surface area (Å²) in [6.07, 6.45) is 1.46. The molecule has 2 N–H and O–H groups in total. The topological polar surface area (TPSA) is 105 Å². The van der Waals surface area contributed by atoms with Gasteiger partial charge in [-0.05, 0) is 49.6 Å². The monoisotopic (exact) mass is 472 g/mol. The summed E-state index contributed by atoms with van der Waals surface area (Å²) in [6.45, 7) is 3.36. The minimum absolute atomic E-state index is 0.00645. The van der Waals surface area contributed by atoms with Gasteiger partial charge in [-0.3, -0.25) is 19.7 Å². The second-order valence-electron chi connectivity index (χ2n) is 8.66. The quantitative estimate of drug-likeness (QED) is 0.390. The van der Waals surface area contributed by atoms with E-state index in [2.05, 4.69) is 15.5 Å². The molecular formula is C27H28N4O4. The predicted molar refractivity (Wildman–Crippen MR) is 135 cm³/mol. The normalized spacial score (nSPS) is 14.7. The van der Waals surface area contributed by atoms with Crippen LogP contribution in [-0.4, -0.2) is 35.9 Å². The van der Waals surface area contributed by atoms with E-state index in [4.69, 9.17) is 0 Å². The van der Waals surface area contributed by atoms with Crippen LogP contribution in [0, 0.1) is 10.1 Å². The fraction of sp³-hybridized carbons (Fsp3) is 0.259. The molecule has 1 aliphatic heterocycles. The number of carbonyl (C=O) groups is 2. The molecule has 4 rings (SSSR count). The number of anilines is 1. The molecule has 3 aromatic rings. The van der Waals surface area contributed by atoms with Gasteiger partial charge < -0.3 is 15.5 Å². The van der Waals surface area contributed by atoms with E-state index in [1.165, 1.54) is 24.3 Å². The number of carbonyl (C=O) groups excluding carboxylic acids is 2. The first-order valence-electron chi connectivity index (χ1n) is 11.7. The molecule has 1 heterocycles. The summed E-state index contributed by atoms with van der Waals surface area (Å²) in [4.78, 5) is 38.1. The third-order valence-corrected chi connectivity index (χ3v) is 6.31. The number of nitro groups is 1. The first-order valence-corrected chi connectivity index (χ1v) is 11.7. The van der Waals surface area contributed by atoms with Crippen molar-refractivity contribution in [2.45, 2.75) is 31.8 Å². The SMILES string of the molecule is C[C@@H](NC(=O)c1ccccc1N1CCC(NC(=O)c2ccc([N+](=O)[O-])cc2)CC1)c1ccccc1. The third-order valence-electron chi connectivity index (χ3n) is 6.31. The van der Waals surface area contributed by atoms with Crippen LogP contribution < -0.4 is 15.5 Å². The Morgan fingerprint density at radius 2 is 1.54 bits per heavy atom. The van der Waals surface area contributed by atoms with E-state index < -0.39 is 4.92 Å². The largest absolute Gasteiger partial charge is 0.371 e. The van der Waals surface area contributed by atoms with Crippen LogP contribution in [0.5, 0.6) is 0 Å². The van der Waals surface area contributed by atoms with Crippen LogP contribution >= 0.6 is 0 Å². The third kappa shape index (κ3) is 5.84. The van der Waals surface area contributed by atoms with E-state index >= 15 is 0 Å². The van der Waals surface area contributed by atoms with Gasteiger partial charge >= 0.3 is 0 Å². The van der Waals surface area contributed by atoms with E-state index in [9.17, 15) is 19.7 Å². The van der Waals surface area contributed by atoms with Gasteiger partial charge in [0.25, 0.3) is 17.5 Å².